The van der Waals surface area contributed by atoms with E-state index in [1.54, 1.807) is 18.2 Å². The van der Waals surface area contributed by atoms with Gasteiger partial charge in [0.1, 0.15) is 5.52 Å². The molecule has 14 heavy (non-hydrogen) atoms. The van der Waals surface area contributed by atoms with Gasteiger partial charge in [-0.05, 0) is 29.8 Å². The van der Waals surface area contributed by atoms with E-state index in [0.29, 0.717) is 22.6 Å². The first-order valence-electron chi connectivity index (χ1n) is 4.00. The van der Waals surface area contributed by atoms with Crippen molar-refractivity contribution in [1.29, 1.82) is 0 Å². The molecule has 0 atom stereocenters. The first-order valence-corrected chi connectivity index (χ1v) is 4.38. The molecule has 0 spiro atoms. The van der Waals surface area contributed by atoms with Gasteiger partial charge in [0.05, 0.1) is 6.54 Å². The number of oxazole rings is 1. The lowest BCUT2D eigenvalue weighted by molar-refractivity contribution is 0.108. The van der Waals surface area contributed by atoms with E-state index in [1.165, 1.54) is 0 Å². The summed E-state index contributed by atoms with van der Waals surface area (Å²) >= 11 is 5.32. The summed E-state index contributed by atoms with van der Waals surface area (Å²) in [6.07, 6.45) is 0. The van der Waals surface area contributed by atoms with Crippen LogP contribution in [-0.4, -0.2) is 10.2 Å². The minimum Gasteiger partial charge on any atom is -0.439 e. The topological polar surface area (TPSA) is 69.1 Å². The number of aromatic nitrogens is 1. The number of hydrogen-bond acceptors (Lipinski definition) is 4. The van der Waals surface area contributed by atoms with Crippen LogP contribution in [0, 0.1) is 0 Å². The van der Waals surface area contributed by atoms with Crippen LogP contribution >= 0.6 is 11.6 Å². The Morgan fingerprint density at radius 1 is 1.57 bits per heavy atom. The van der Waals surface area contributed by atoms with Gasteiger partial charge in [-0.15, -0.1) is 0 Å². The predicted molar refractivity (Wildman–Crippen MR) is 52.1 cm³/mol. The summed E-state index contributed by atoms with van der Waals surface area (Å²) in [6.45, 7) is 0.235. The molecule has 1 heterocycles. The van der Waals surface area contributed by atoms with Gasteiger partial charge >= 0.3 is 0 Å². The monoisotopic (exact) mass is 210 g/mol. The van der Waals surface area contributed by atoms with Crippen LogP contribution in [0.15, 0.2) is 22.6 Å². The third-order valence-corrected chi connectivity index (χ3v) is 2.05. The summed E-state index contributed by atoms with van der Waals surface area (Å²) < 4.78 is 5.26. The lowest BCUT2D eigenvalue weighted by atomic mass is 10.2. The van der Waals surface area contributed by atoms with E-state index in [4.69, 9.17) is 21.8 Å². The van der Waals surface area contributed by atoms with Crippen LogP contribution in [0.3, 0.4) is 0 Å². The zero-order chi connectivity index (χ0) is 10.1. The van der Waals surface area contributed by atoms with Crippen LogP contribution in [0.5, 0.6) is 0 Å². The molecule has 1 aromatic heterocycles. The number of nitrogens with zero attached hydrogens (tertiary/aromatic N) is 1. The fourth-order valence-electron chi connectivity index (χ4n) is 1.18. The van der Waals surface area contributed by atoms with Crippen LogP contribution in [0.2, 0.25) is 0 Å². The number of rotatable bonds is 2. The van der Waals surface area contributed by atoms with Crippen LogP contribution in [-0.2, 0) is 6.54 Å². The summed E-state index contributed by atoms with van der Waals surface area (Å²) in [5.74, 6) is 0.444. The molecule has 1 aromatic carbocycles. The van der Waals surface area contributed by atoms with Crippen molar-refractivity contribution >= 4 is 27.9 Å². The SMILES string of the molecule is NCc1nc2cc(C(=O)Cl)ccc2o1. The maximum Gasteiger partial charge on any atom is 0.252 e. The van der Waals surface area contributed by atoms with Crippen LogP contribution in [0.25, 0.3) is 11.1 Å². The minimum absolute atomic E-state index is 0.235. The number of carbonyl (C=O) groups excluding carboxylic acids is 1. The third kappa shape index (κ3) is 1.49. The first-order chi connectivity index (χ1) is 6.70. The molecular weight excluding hydrogens is 204 g/mol. The molecular formula is C9H7ClN2O2. The summed E-state index contributed by atoms with van der Waals surface area (Å²) in [6, 6.07) is 4.81. The van der Waals surface area contributed by atoms with Crippen molar-refractivity contribution in [2.75, 3.05) is 0 Å². The van der Waals surface area contributed by atoms with Crippen molar-refractivity contribution in [2.24, 2.45) is 5.73 Å². The van der Waals surface area contributed by atoms with Crippen molar-refractivity contribution in [3.05, 3.63) is 29.7 Å². The molecule has 0 bridgehead atoms. The molecule has 0 saturated heterocycles. The molecule has 0 aliphatic heterocycles. The molecule has 0 amide bonds. The molecule has 0 aliphatic carbocycles. The van der Waals surface area contributed by atoms with Crippen LogP contribution in [0.1, 0.15) is 16.2 Å². The highest BCUT2D eigenvalue weighted by molar-refractivity contribution is 6.67. The maximum atomic E-state index is 10.8. The third-order valence-electron chi connectivity index (χ3n) is 1.83. The van der Waals surface area contributed by atoms with E-state index in [1.807, 2.05) is 0 Å². The molecule has 2 aromatic rings. The van der Waals surface area contributed by atoms with Gasteiger partial charge in [-0.3, -0.25) is 4.79 Å². The molecule has 2 rings (SSSR count). The number of nitrogens with two attached hydrogens (primary N) is 1. The highest BCUT2D eigenvalue weighted by Gasteiger charge is 2.07. The molecule has 0 unspecified atom stereocenters. The fourth-order valence-corrected chi connectivity index (χ4v) is 1.30. The van der Waals surface area contributed by atoms with Gasteiger partial charge in [0, 0.05) is 5.56 Å². The Morgan fingerprint density at radius 2 is 2.36 bits per heavy atom. The molecule has 5 heteroatoms. The Balaban J connectivity index is 2.59. The molecule has 0 radical (unpaired) electrons. The summed E-state index contributed by atoms with van der Waals surface area (Å²) in [4.78, 5) is 14.9. The Hall–Kier alpha value is -1.39. The van der Waals surface area contributed by atoms with Gasteiger partial charge in [-0.1, -0.05) is 0 Å². The maximum absolute atomic E-state index is 10.8. The summed E-state index contributed by atoms with van der Waals surface area (Å²) in [7, 11) is 0. The molecule has 2 N–H and O–H groups in total. The second-order valence-corrected chi connectivity index (χ2v) is 3.11. The Kier molecular flexibility index (Phi) is 2.23. The number of carbonyl (C=O) groups is 1. The van der Waals surface area contributed by atoms with Crippen LogP contribution in [0.4, 0.5) is 0 Å². The van der Waals surface area contributed by atoms with Crippen molar-refractivity contribution in [2.45, 2.75) is 6.54 Å². The largest absolute Gasteiger partial charge is 0.439 e. The van der Waals surface area contributed by atoms with E-state index in [0.717, 1.165) is 0 Å². The first kappa shape index (κ1) is 9.18. The second-order valence-electron chi connectivity index (χ2n) is 2.77. The van der Waals surface area contributed by atoms with Crippen molar-refractivity contribution < 1.29 is 9.21 Å². The zero-order valence-electron chi connectivity index (χ0n) is 7.16. The normalized spacial score (nSPS) is 10.7. The average Bonchev–Trinajstić information content (AvgIpc) is 2.58. The molecule has 4 nitrogen and oxygen atoms in total. The van der Waals surface area contributed by atoms with E-state index >= 15 is 0 Å². The highest BCUT2D eigenvalue weighted by Crippen LogP contribution is 2.17. The highest BCUT2D eigenvalue weighted by atomic mass is 35.5. The van der Waals surface area contributed by atoms with E-state index in [-0.39, 0.29) is 6.54 Å². The Morgan fingerprint density at radius 3 is 3.00 bits per heavy atom. The van der Waals surface area contributed by atoms with Crippen molar-refractivity contribution in [1.82, 2.24) is 4.98 Å². The van der Waals surface area contributed by atoms with Crippen molar-refractivity contribution in [3.63, 3.8) is 0 Å². The smallest absolute Gasteiger partial charge is 0.252 e. The van der Waals surface area contributed by atoms with Crippen molar-refractivity contribution in [3.8, 4) is 0 Å². The standard InChI is InChI=1S/C9H7ClN2O2/c10-9(13)5-1-2-7-6(3-5)12-8(4-11)14-7/h1-3H,4,11H2. The quantitative estimate of drug-likeness (QED) is 0.766. The molecule has 0 saturated carbocycles. The number of halogens is 1. The van der Waals surface area contributed by atoms with Crippen LogP contribution < -0.4 is 5.73 Å². The predicted octanol–water partition coefficient (Wildman–Crippen LogP) is 1.67. The second kappa shape index (κ2) is 3.40. The number of benzene rings is 1. The summed E-state index contributed by atoms with van der Waals surface area (Å²) in [5.41, 5.74) is 6.96. The zero-order valence-corrected chi connectivity index (χ0v) is 7.91. The van der Waals surface area contributed by atoms with Gasteiger partial charge < -0.3 is 10.2 Å². The summed E-state index contributed by atoms with van der Waals surface area (Å²) in [5, 5.41) is -0.510. The van der Waals surface area contributed by atoms with Gasteiger partial charge in [0.25, 0.3) is 5.24 Å². The lowest BCUT2D eigenvalue weighted by Gasteiger charge is -1.90. The molecule has 0 fully saturated rings. The fraction of sp³-hybridized carbons (Fsp3) is 0.111. The van der Waals surface area contributed by atoms with Gasteiger partial charge in [-0.2, -0.15) is 0 Å². The number of hydrogen-bond donors (Lipinski definition) is 1. The average molecular weight is 211 g/mol. The lowest BCUT2D eigenvalue weighted by Crippen LogP contribution is -1.95. The molecule has 72 valence electrons. The van der Waals surface area contributed by atoms with E-state index in [2.05, 4.69) is 4.98 Å². The minimum atomic E-state index is -0.510. The van der Waals surface area contributed by atoms with Gasteiger partial charge in [0.2, 0.25) is 5.89 Å². The molecule has 0 aliphatic rings. The van der Waals surface area contributed by atoms with Gasteiger partial charge in [-0.25, -0.2) is 4.98 Å². The van der Waals surface area contributed by atoms with Gasteiger partial charge in [0.15, 0.2) is 5.58 Å². The number of fused-ring (bicyclic) bond motifs is 1. The van der Waals surface area contributed by atoms with E-state index in [9.17, 15) is 4.79 Å². The Labute approximate surface area is 84.7 Å². The Bertz CT molecular complexity index is 493. The van der Waals surface area contributed by atoms with E-state index < -0.39 is 5.24 Å².